The number of non-ortho nitro benzene ring substituents is 1. The van der Waals surface area contributed by atoms with Gasteiger partial charge in [-0.25, -0.2) is 0 Å². The van der Waals surface area contributed by atoms with Crippen molar-refractivity contribution in [1.82, 2.24) is 4.90 Å². The molecule has 6 nitrogen and oxygen atoms in total. The van der Waals surface area contributed by atoms with E-state index in [4.69, 9.17) is 10.5 Å². The fourth-order valence-electron chi connectivity index (χ4n) is 3.65. The molecular weight excluding hydrogens is 354 g/mol. The summed E-state index contributed by atoms with van der Waals surface area (Å²) in [5, 5.41) is 11.1. The minimum atomic E-state index is -0.373. The van der Waals surface area contributed by atoms with Crippen LogP contribution >= 0.6 is 12.4 Å². The average Bonchev–Trinajstić information content (AvgIpc) is 3.05. The normalized spacial score (nSPS) is 19.8. The monoisotopic (exact) mass is 377 g/mol. The Morgan fingerprint density at radius 2 is 1.96 bits per heavy atom. The fourth-order valence-corrected chi connectivity index (χ4v) is 3.65. The molecule has 2 atom stereocenters. The molecule has 1 aliphatic heterocycles. The summed E-state index contributed by atoms with van der Waals surface area (Å²) < 4.78 is 5.38. The van der Waals surface area contributed by atoms with E-state index in [1.807, 2.05) is 6.07 Å². The Kier molecular flexibility index (Phi) is 6.97. The first-order valence-electron chi connectivity index (χ1n) is 8.41. The molecule has 2 N–H and O–H groups in total. The minimum Gasteiger partial charge on any atom is -0.496 e. The number of hydrogen-bond acceptors (Lipinski definition) is 5. The molecule has 1 fully saturated rings. The van der Waals surface area contributed by atoms with Crippen LogP contribution in [0.15, 0.2) is 48.5 Å². The number of nitrogens with zero attached hydrogens (tertiary/aromatic N) is 2. The van der Waals surface area contributed by atoms with E-state index in [1.165, 1.54) is 11.6 Å². The Hall–Kier alpha value is -2.15. The van der Waals surface area contributed by atoms with E-state index in [9.17, 15) is 10.1 Å². The summed E-state index contributed by atoms with van der Waals surface area (Å²) in [6.07, 6.45) is 0. The van der Waals surface area contributed by atoms with Gasteiger partial charge in [-0.2, -0.15) is 0 Å². The van der Waals surface area contributed by atoms with Gasteiger partial charge in [0.25, 0.3) is 5.69 Å². The van der Waals surface area contributed by atoms with Crippen molar-refractivity contribution in [1.29, 1.82) is 0 Å². The second kappa shape index (κ2) is 8.98. The van der Waals surface area contributed by atoms with Crippen LogP contribution in [-0.4, -0.2) is 36.6 Å². The number of likely N-dealkylation sites (tertiary alicyclic amines) is 1. The molecule has 26 heavy (non-hydrogen) atoms. The van der Waals surface area contributed by atoms with Gasteiger partial charge in [0.05, 0.1) is 12.0 Å². The first kappa shape index (κ1) is 20.2. The van der Waals surface area contributed by atoms with Crippen molar-refractivity contribution in [2.24, 2.45) is 11.7 Å². The summed E-state index contributed by atoms with van der Waals surface area (Å²) in [5.41, 5.74) is 8.22. The molecule has 0 unspecified atom stereocenters. The summed E-state index contributed by atoms with van der Waals surface area (Å²) in [7, 11) is 1.59. The molecule has 2 aromatic rings. The van der Waals surface area contributed by atoms with Crippen molar-refractivity contribution in [2.75, 3.05) is 26.7 Å². The maximum atomic E-state index is 11.1. The van der Waals surface area contributed by atoms with Crippen molar-refractivity contribution in [2.45, 2.75) is 12.5 Å². The largest absolute Gasteiger partial charge is 0.496 e. The fraction of sp³-hybridized carbons (Fsp3) is 0.368. The molecule has 0 spiro atoms. The highest BCUT2D eigenvalue weighted by Gasteiger charge is 2.33. The molecule has 3 rings (SSSR count). The average molecular weight is 378 g/mol. The minimum absolute atomic E-state index is 0. The molecule has 140 valence electrons. The number of benzene rings is 2. The molecule has 0 amide bonds. The number of nitro benzene ring substituents is 1. The first-order chi connectivity index (χ1) is 12.1. The van der Waals surface area contributed by atoms with E-state index in [1.54, 1.807) is 19.2 Å². The standard InChI is InChI=1S/C19H23N3O3.ClH/c1-25-19-8-7-17(22(23)24)9-15(19)11-21-12-16(10-20)18(13-21)14-5-3-2-4-6-14;/h2-9,16,18H,10-13,20H2,1H3;1H/t16-,18+;/m1./s1. The smallest absolute Gasteiger partial charge is 0.270 e. The second-order valence-electron chi connectivity index (χ2n) is 6.46. The van der Waals surface area contributed by atoms with Crippen molar-refractivity contribution >= 4 is 18.1 Å². The maximum Gasteiger partial charge on any atom is 0.270 e. The van der Waals surface area contributed by atoms with Gasteiger partial charge in [-0.05, 0) is 24.1 Å². The lowest BCUT2D eigenvalue weighted by atomic mass is 9.89. The summed E-state index contributed by atoms with van der Waals surface area (Å²) in [4.78, 5) is 13.0. The number of methoxy groups -OCH3 is 1. The Morgan fingerprint density at radius 3 is 2.58 bits per heavy atom. The Balaban J connectivity index is 0.00000243. The van der Waals surface area contributed by atoms with Crippen molar-refractivity contribution in [3.63, 3.8) is 0 Å². The predicted octanol–water partition coefficient (Wildman–Crippen LogP) is 3.20. The summed E-state index contributed by atoms with van der Waals surface area (Å²) in [6.45, 7) is 3.01. The maximum absolute atomic E-state index is 11.1. The molecule has 1 aliphatic rings. The molecule has 0 aromatic heterocycles. The number of rotatable bonds is 6. The van der Waals surface area contributed by atoms with Gasteiger partial charge < -0.3 is 10.5 Å². The highest BCUT2D eigenvalue weighted by molar-refractivity contribution is 5.85. The van der Waals surface area contributed by atoms with E-state index < -0.39 is 0 Å². The molecule has 2 aromatic carbocycles. The highest BCUT2D eigenvalue weighted by atomic mass is 35.5. The zero-order valence-corrected chi connectivity index (χ0v) is 15.5. The molecule has 1 heterocycles. The van der Waals surface area contributed by atoms with Gasteiger partial charge in [0.2, 0.25) is 0 Å². The number of hydrogen-bond donors (Lipinski definition) is 1. The summed E-state index contributed by atoms with van der Waals surface area (Å²) >= 11 is 0. The van der Waals surface area contributed by atoms with E-state index in [-0.39, 0.29) is 23.0 Å². The Bertz CT molecular complexity index is 742. The Morgan fingerprint density at radius 1 is 1.23 bits per heavy atom. The van der Waals surface area contributed by atoms with Crippen LogP contribution < -0.4 is 10.5 Å². The van der Waals surface area contributed by atoms with Gasteiger partial charge in [-0.3, -0.25) is 15.0 Å². The number of nitrogens with two attached hydrogens (primary N) is 1. The van der Waals surface area contributed by atoms with Crippen LogP contribution in [-0.2, 0) is 6.54 Å². The molecule has 0 radical (unpaired) electrons. The van der Waals surface area contributed by atoms with Crippen LogP contribution in [0, 0.1) is 16.0 Å². The zero-order chi connectivity index (χ0) is 17.8. The number of ether oxygens (including phenoxy) is 1. The summed E-state index contributed by atoms with van der Waals surface area (Å²) in [6, 6.07) is 15.1. The molecule has 0 aliphatic carbocycles. The van der Waals surface area contributed by atoms with Crippen molar-refractivity contribution < 1.29 is 9.66 Å². The van der Waals surface area contributed by atoms with Gasteiger partial charge in [0, 0.05) is 43.2 Å². The van der Waals surface area contributed by atoms with Gasteiger partial charge in [0.15, 0.2) is 0 Å². The van der Waals surface area contributed by atoms with Gasteiger partial charge in [0.1, 0.15) is 5.75 Å². The van der Waals surface area contributed by atoms with Crippen LogP contribution in [0.3, 0.4) is 0 Å². The van der Waals surface area contributed by atoms with Crippen LogP contribution in [0.2, 0.25) is 0 Å². The lowest BCUT2D eigenvalue weighted by molar-refractivity contribution is -0.384. The first-order valence-corrected chi connectivity index (χ1v) is 8.41. The van der Waals surface area contributed by atoms with Gasteiger partial charge >= 0.3 is 0 Å². The zero-order valence-electron chi connectivity index (χ0n) is 14.7. The third kappa shape index (κ3) is 4.33. The van der Waals surface area contributed by atoms with E-state index in [2.05, 4.69) is 29.2 Å². The van der Waals surface area contributed by atoms with E-state index >= 15 is 0 Å². The van der Waals surface area contributed by atoms with Crippen LogP contribution in [0.5, 0.6) is 5.75 Å². The van der Waals surface area contributed by atoms with Gasteiger partial charge in [-0.15, -0.1) is 12.4 Å². The topological polar surface area (TPSA) is 81.6 Å². The third-order valence-corrected chi connectivity index (χ3v) is 4.92. The van der Waals surface area contributed by atoms with Crippen molar-refractivity contribution in [3.8, 4) is 5.75 Å². The van der Waals surface area contributed by atoms with Gasteiger partial charge in [-0.1, -0.05) is 30.3 Å². The molecular formula is C19H24ClN3O3. The van der Waals surface area contributed by atoms with E-state index in [0.717, 1.165) is 18.7 Å². The third-order valence-electron chi connectivity index (χ3n) is 4.92. The second-order valence-corrected chi connectivity index (χ2v) is 6.46. The molecule has 0 bridgehead atoms. The lowest BCUT2D eigenvalue weighted by Gasteiger charge is -2.18. The lowest BCUT2D eigenvalue weighted by Crippen LogP contribution is -2.23. The van der Waals surface area contributed by atoms with E-state index in [0.29, 0.717) is 30.7 Å². The molecule has 7 heteroatoms. The van der Waals surface area contributed by atoms with Crippen LogP contribution in [0.4, 0.5) is 5.69 Å². The van der Waals surface area contributed by atoms with Crippen LogP contribution in [0.1, 0.15) is 17.0 Å². The SMILES string of the molecule is COc1ccc([N+](=O)[O-])cc1CN1C[C@@H](CN)[C@H](c2ccccc2)C1.Cl. The predicted molar refractivity (Wildman–Crippen MR) is 104 cm³/mol. The quantitative estimate of drug-likeness (QED) is 0.617. The van der Waals surface area contributed by atoms with Crippen molar-refractivity contribution in [3.05, 3.63) is 69.8 Å². The molecule has 1 saturated heterocycles. The number of nitro groups is 1. The Labute approximate surface area is 159 Å². The molecule has 0 saturated carbocycles. The van der Waals surface area contributed by atoms with Crippen LogP contribution in [0.25, 0.3) is 0 Å². The summed E-state index contributed by atoms with van der Waals surface area (Å²) in [5.74, 6) is 1.45. The highest BCUT2D eigenvalue weighted by Crippen LogP contribution is 2.34. The number of halogens is 1.